The van der Waals surface area contributed by atoms with Crippen molar-refractivity contribution in [3.63, 3.8) is 0 Å². The first-order chi connectivity index (χ1) is 9.93. The van der Waals surface area contributed by atoms with Crippen LogP contribution in [0, 0.1) is 11.3 Å². The van der Waals surface area contributed by atoms with Gasteiger partial charge >= 0.3 is 5.97 Å². The zero-order valence-corrected chi connectivity index (χ0v) is 13.6. The molecule has 0 spiro atoms. The highest BCUT2D eigenvalue weighted by atomic mass is 16.5. The van der Waals surface area contributed by atoms with Crippen LogP contribution >= 0.6 is 0 Å². The van der Waals surface area contributed by atoms with Crippen molar-refractivity contribution in [3.8, 4) is 0 Å². The molecule has 0 amide bonds. The van der Waals surface area contributed by atoms with Gasteiger partial charge in [-0.15, -0.1) is 0 Å². The Kier molecular flexibility index (Phi) is 5.09. The van der Waals surface area contributed by atoms with Crippen LogP contribution in [0.3, 0.4) is 0 Å². The summed E-state index contributed by atoms with van der Waals surface area (Å²) >= 11 is 0. The molecule has 1 aromatic heterocycles. The van der Waals surface area contributed by atoms with Crippen molar-refractivity contribution in [2.45, 2.75) is 59.0 Å². The van der Waals surface area contributed by atoms with Crippen LogP contribution in [-0.2, 0) is 11.3 Å². The number of furan rings is 1. The molecule has 4 heteroatoms. The fourth-order valence-electron chi connectivity index (χ4n) is 3.40. The summed E-state index contributed by atoms with van der Waals surface area (Å²) < 4.78 is 10.2. The molecular weight excluding hydrogens is 266 g/mol. The van der Waals surface area contributed by atoms with Gasteiger partial charge in [-0.1, -0.05) is 33.6 Å². The first kappa shape index (κ1) is 16.1. The molecule has 2 unspecified atom stereocenters. The Hall–Kier alpha value is -1.29. The molecule has 0 aliphatic heterocycles. The second-order valence-electron chi connectivity index (χ2n) is 6.99. The third-order valence-electron chi connectivity index (χ3n) is 4.55. The van der Waals surface area contributed by atoms with Gasteiger partial charge in [0.2, 0.25) is 0 Å². The third kappa shape index (κ3) is 3.88. The minimum absolute atomic E-state index is 0.298. The highest BCUT2D eigenvalue weighted by Crippen LogP contribution is 2.38. The standard InChI is InChI=1S/C17H27NO3/c1-17(2,3)13-7-5-6-8-14(13)18-11-15-12(9-10-21-15)16(19)20-4/h9-10,13-14,18H,5-8,11H2,1-4H3. The quantitative estimate of drug-likeness (QED) is 0.859. The summed E-state index contributed by atoms with van der Waals surface area (Å²) in [4.78, 5) is 11.7. The predicted octanol–water partition coefficient (Wildman–Crippen LogP) is 3.76. The predicted molar refractivity (Wildman–Crippen MR) is 82.1 cm³/mol. The van der Waals surface area contributed by atoms with Gasteiger partial charge in [-0.2, -0.15) is 0 Å². The topological polar surface area (TPSA) is 51.5 Å². The number of carbonyl (C=O) groups excluding carboxylic acids is 1. The van der Waals surface area contributed by atoms with E-state index in [0.717, 1.165) is 0 Å². The van der Waals surface area contributed by atoms with Gasteiger partial charge in [0, 0.05) is 6.04 Å². The molecule has 1 aliphatic carbocycles. The average molecular weight is 293 g/mol. The zero-order valence-electron chi connectivity index (χ0n) is 13.6. The number of nitrogens with one attached hydrogen (secondary N) is 1. The van der Waals surface area contributed by atoms with Crippen LogP contribution in [0.5, 0.6) is 0 Å². The Labute approximate surface area is 127 Å². The van der Waals surface area contributed by atoms with E-state index in [-0.39, 0.29) is 5.97 Å². The minimum Gasteiger partial charge on any atom is -0.467 e. The van der Waals surface area contributed by atoms with Gasteiger partial charge in [0.05, 0.1) is 19.9 Å². The van der Waals surface area contributed by atoms with Crippen molar-refractivity contribution in [2.75, 3.05) is 7.11 Å². The lowest BCUT2D eigenvalue weighted by Gasteiger charge is -2.41. The van der Waals surface area contributed by atoms with Crippen molar-refractivity contribution in [3.05, 3.63) is 23.7 Å². The molecule has 21 heavy (non-hydrogen) atoms. The van der Waals surface area contributed by atoms with E-state index in [1.165, 1.54) is 32.8 Å². The summed E-state index contributed by atoms with van der Waals surface area (Å²) in [5, 5.41) is 3.60. The summed E-state index contributed by atoms with van der Waals surface area (Å²) in [5.41, 5.74) is 0.819. The summed E-state index contributed by atoms with van der Waals surface area (Å²) in [5.74, 6) is 0.986. The Bertz CT molecular complexity index is 473. The SMILES string of the molecule is COC(=O)c1ccoc1CNC1CCCCC1C(C)(C)C. The van der Waals surface area contributed by atoms with E-state index in [9.17, 15) is 4.79 Å². The highest BCUT2D eigenvalue weighted by molar-refractivity contribution is 5.90. The van der Waals surface area contributed by atoms with Crippen molar-refractivity contribution < 1.29 is 13.9 Å². The van der Waals surface area contributed by atoms with E-state index in [0.29, 0.717) is 35.2 Å². The van der Waals surface area contributed by atoms with E-state index < -0.39 is 0 Å². The molecule has 2 rings (SSSR count). The molecule has 4 nitrogen and oxygen atoms in total. The third-order valence-corrected chi connectivity index (χ3v) is 4.55. The van der Waals surface area contributed by atoms with Gasteiger partial charge in [0.1, 0.15) is 11.3 Å². The van der Waals surface area contributed by atoms with E-state index in [1.54, 1.807) is 12.3 Å². The molecule has 1 fully saturated rings. The van der Waals surface area contributed by atoms with Crippen LogP contribution in [0.15, 0.2) is 16.7 Å². The monoisotopic (exact) mass is 293 g/mol. The Morgan fingerprint density at radius 3 is 2.76 bits per heavy atom. The molecule has 1 saturated carbocycles. The number of esters is 1. The summed E-state index contributed by atoms with van der Waals surface area (Å²) in [6.07, 6.45) is 6.59. The highest BCUT2D eigenvalue weighted by Gasteiger charge is 2.34. The first-order valence-electron chi connectivity index (χ1n) is 7.81. The van der Waals surface area contributed by atoms with Crippen LogP contribution in [0.2, 0.25) is 0 Å². The Balaban J connectivity index is 2.01. The maximum absolute atomic E-state index is 11.7. The molecule has 1 heterocycles. The van der Waals surface area contributed by atoms with Crippen LogP contribution in [0.4, 0.5) is 0 Å². The van der Waals surface area contributed by atoms with Crippen LogP contribution < -0.4 is 5.32 Å². The zero-order chi connectivity index (χ0) is 15.5. The lowest BCUT2D eigenvalue weighted by atomic mass is 9.69. The van der Waals surface area contributed by atoms with E-state index in [4.69, 9.17) is 9.15 Å². The van der Waals surface area contributed by atoms with Gasteiger partial charge in [-0.05, 0) is 30.2 Å². The summed E-state index contributed by atoms with van der Waals surface area (Å²) in [6, 6.07) is 2.15. The second-order valence-corrected chi connectivity index (χ2v) is 6.99. The molecule has 1 N–H and O–H groups in total. The minimum atomic E-state index is -0.337. The number of methoxy groups -OCH3 is 1. The number of hydrogen-bond acceptors (Lipinski definition) is 4. The Morgan fingerprint density at radius 2 is 2.10 bits per heavy atom. The molecular formula is C17H27NO3. The van der Waals surface area contributed by atoms with Crippen molar-refractivity contribution in [1.82, 2.24) is 5.32 Å². The first-order valence-corrected chi connectivity index (χ1v) is 7.81. The van der Waals surface area contributed by atoms with Crippen molar-refractivity contribution in [1.29, 1.82) is 0 Å². The fraction of sp³-hybridized carbons (Fsp3) is 0.706. The maximum atomic E-state index is 11.7. The molecule has 2 atom stereocenters. The molecule has 1 aliphatic rings. The van der Waals surface area contributed by atoms with E-state index in [1.807, 2.05) is 0 Å². The number of carbonyl (C=O) groups is 1. The summed E-state index contributed by atoms with van der Waals surface area (Å²) in [7, 11) is 1.39. The molecule has 1 aromatic rings. The average Bonchev–Trinajstić information content (AvgIpc) is 2.92. The molecule has 0 bridgehead atoms. The van der Waals surface area contributed by atoms with Crippen molar-refractivity contribution in [2.24, 2.45) is 11.3 Å². The maximum Gasteiger partial charge on any atom is 0.341 e. The largest absolute Gasteiger partial charge is 0.467 e. The van der Waals surface area contributed by atoms with Crippen LogP contribution in [0.1, 0.15) is 62.6 Å². The fourth-order valence-corrected chi connectivity index (χ4v) is 3.40. The normalized spacial score (nSPS) is 23.0. The van der Waals surface area contributed by atoms with Crippen molar-refractivity contribution >= 4 is 5.97 Å². The van der Waals surface area contributed by atoms with E-state index >= 15 is 0 Å². The molecule has 0 saturated heterocycles. The van der Waals surface area contributed by atoms with Gasteiger partial charge in [-0.3, -0.25) is 0 Å². The van der Waals surface area contributed by atoms with Gasteiger partial charge in [0.25, 0.3) is 0 Å². The van der Waals surface area contributed by atoms with Gasteiger partial charge in [-0.25, -0.2) is 4.79 Å². The van der Waals surface area contributed by atoms with Crippen LogP contribution in [0.25, 0.3) is 0 Å². The smallest absolute Gasteiger partial charge is 0.341 e. The second kappa shape index (κ2) is 6.65. The Morgan fingerprint density at radius 1 is 1.38 bits per heavy atom. The van der Waals surface area contributed by atoms with Crippen LogP contribution in [-0.4, -0.2) is 19.1 Å². The number of hydrogen-bond donors (Lipinski definition) is 1. The molecule has 0 aromatic carbocycles. The number of ether oxygens (including phenoxy) is 1. The summed E-state index contributed by atoms with van der Waals surface area (Å²) in [6.45, 7) is 7.51. The molecule has 118 valence electrons. The van der Waals surface area contributed by atoms with E-state index in [2.05, 4.69) is 26.1 Å². The number of rotatable bonds is 4. The lowest BCUT2D eigenvalue weighted by molar-refractivity contribution is 0.0597. The van der Waals surface area contributed by atoms with Gasteiger partial charge in [0.15, 0.2) is 0 Å². The molecule has 0 radical (unpaired) electrons. The lowest BCUT2D eigenvalue weighted by Crippen LogP contribution is -2.44. The van der Waals surface area contributed by atoms with Gasteiger partial charge < -0.3 is 14.5 Å².